The number of piperidine rings is 1. The van der Waals surface area contributed by atoms with Crippen molar-refractivity contribution in [2.24, 2.45) is 0 Å². The maximum Gasteiger partial charge on any atom is 0.293 e. The van der Waals surface area contributed by atoms with E-state index in [0.717, 1.165) is 19.3 Å². The van der Waals surface area contributed by atoms with Gasteiger partial charge in [-0.1, -0.05) is 17.2 Å². The van der Waals surface area contributed by atoms with E-state index >= 15 is 0 Å². The zero-order valence-electron chi connectivity index (χ0n) is 12.2. The molecule has 2 aromatic heterocycles. The molecule has 0 unspecified atom stereocenters. The van der Waals surface area contributed by atoms with Crippen LogP contribution in [0.15, 0.2) is 15.1 Å². The molecule has 0 spiro atoms. The number of aryl methyl sites for hydroxylation is 2. The van der Waals surface area contributed by atoms with Crippen molar-refractivity contribution in [3.8, 4) is 0 Å². The van der Waals surface area contributed by atoms with Gasteiger partial charge in [-0.2, -0.15) is 4.98 Å². The van der Waals surface area contributed by atoms with Crippen molar-refractivity contribution in [3.05, 3.63) is 29.2 Å². The van der Waals surface area contributed by atoms with E-state index in [-0.39, 0.29) is 17.7 Å². The van der Waals surface area contributed by atoms with E-state index < -0.39 is 0 Å². The molecule has 1 aliphatic rings. The molecule has 3 heterocycles. The quantitative estimate of drug-likeness (QED) is 0.862. The second kappa shape index (κ2) is 5.67. The minimum absolute atomic E-state index is 0.170. The summed E-state index contributed by atoms with van der Waals surface area (Å²) >= 11 is 0. The van der Waals surface area contributed by atoms with E-state index in [1.54, 1.807) is 17.9 Å². The standard InChI is InChI=1S/C14H18N4O3/c1-3-12-15-13(21-17-12)10-6-4-5-7-18(10)14(19)11-8-9(2)16-20-11/h8,10H,3-7H2,1-2H3/t10-/m1/s1. The van der Waals surface area contributed by atoms with Crippen molar-refractivity contribution < 1.29 is 13.8 Å². The number of nitrogens with zero attached hydrogens (tertiary/aromatic N) is 4. The first-order valence-corrected chi connectivity index (χ1v) is 7.25. The van der Waals surface area contributed by atoms with Gasteiger partial charge in [-0.3, -0.25) is 4.79 Å². The predicted octanol–water partition coefficient (Wildman–Crippen LogP) is 2.30. The van der Waals surface area contributed by atoms with Crippen molar-refractivity contribution in [2.45, 2.75) is 45.6 Å². The molecule has 1 fully saturated rings. The largest absolute Gasteiger partial charge is 0.351 e. The normalized spacial score (nSPS) is 19.0. The summed E-state index contributed by atoms with van der Waals surface area (Å²) in [7, 11) is 0. The first-order valence-electron chi connectivity index (χ1n) is 7.25. The average Bonchev–Trinajstić information content (AvgIpc) is 3.15. The van der Waals surface area contributed by atoms with Crippen LogP contribution in [-0.2, 0) is 6.42 Å². The molecule has 1 atom stereocenters. The van der Waals surface area contributed by atoms with Crippen molar-refractivity contribution >= 4 is 5.91 Å². The first-order chi connectivity index (χ1) is 10.2. The lowest BCUT2D eigenvalue weighted by Crippen LogP contribution is -2.38. The lowest BCUT2D eigenvalue weighted by atomic mass is 10.0. The van der Waals surface area contributed by atoms with E-state index in [1.165, 1.54) is 0 Å². The van der Waals surface area contributed by atoms with Gasteiger partial charge in [0.2, 0.25) is 11.7 Å². The lowest BCUT2D eigenvalue weighted by molar-refractivity contribution is 0.0520. The molecule has 7 heteroatoms. The Bertz CT molecular complexity index is 634. The Morgan fingerprint density at radius 3 is 2.90 bits per heavy atom. The molecule has 0 aromatic carbocycles. The number of hydrogen-bond acceptors (Lipinski definition) is 6. The summed E-state index contributed by atoms with van der Waals surface area (Å²) in [5.74, 6) is 1.26. The molecule has 3 rings (SSSR count). The molecule has 2 aromatic rings. The van der Waals surface area contributed by atoms with Gasteiger partial charge in [-0.15, -0.1) is 0 Å². The number of hydrogen-bond donors (Lipinski definition) is 0. The van der Waals surface area contributed by atoms with Crippen molar-refractivity contribution in [1.29, 1.82) is 0 Å². The average molecular weight is 290 g/mol. The fourth-order valence-electron chi connectivity index (χ4n) is 2.58. The van der Waals surface area contributed by atoms with Gasteiger partial charge in [0.1, 0.15) is 6.04 Å². The van der Waals surface area contributed by atoms with Crippen LogP contribution in [0.25, 0.3) is 0 Å². The van der Waals surface area contributed by atoms with Crippen molar-refractivity contribution in [3.63, 3.8) is 0 Å². The van der Waals surface area contributed by atoms with Crippen LogP contribution < -0.4 is 0 Å². The summed E-state index contributed by atoms with van der Waals surface area (Å²) in [5, 5.41) is 7.69. The summed E-state index contributed by atoms with van der Waals surface area (Å²) in [5.41, 5.74) is 0.693. The predicted molar refractivity (Wildman–Crippen MR) is 72.5 cm³/mol. The molecule has 21 heavy (non-hydrogen) atoms. The third-order valence-corrected chi connectivity index (χ3v) is 3.69. The third kappa shape index (κ3) is 2.68. The summed E-state index contributed by atoms with van der Waals surface area (Å²) in [6.07, 6.45) is 3.54. The maximum atomic E-state index is 12.6. The highest BCUT2D eigenvalue weighted by Gasteiger charge is 2.34. The maximum absolute atomic E-state index is 12.6. The Morgan fingerprint density at radius 2 is 2.24 bits per heavy atom. The van der Waals surface area contributed by atoms with Gasteiger partial charge in [0.15, 0.2) is 5.82 Å². The topological polar surface area (TPSA) is 85.3 Å². The molecule has 0 saturated carbocycles. The van der Waals surface area contributed by atoms with Gasteiger partial charge in [-0.25, -0.2) is 0 Å². The Balaban J connectivity index is 1.85. The minimum Gasteiger partial charge on any atom is -0.351 e. The van der Waals surface area contributed by atoms with Gasteiger partial charge in [0.05, 0.1) is 5.69 Å². The minimum atomic E-state index is -0.176. The Labute approximate surface area is 122 Å². The van der Waals surface area contributed by atoms with Gasteiger partial charge < -0.3 is 13.9 Å². The summed E-state index contributed by atoms with van der Waals surface area (Å²) < 4.78 is 10.4. The van der Waals surface area contributed by atoms with Crippen LogP contribution >= 0.6 is 0 Å². The SMILES string of the molecule is CCc1noc([C@H]2CCCCN2C(=O)c2cc(C)no2)n1. The highest BCUT2D eigenvalue weighted by Crippen LogP contribution is 2.31. The summed E-state index contributed by atoms with van der Waals surface area (Å²) in [4.78, 5) is 18.7. The highest BCUT2D eigenvalue weighted by atomic mass is 16.5. The molecule has 7 nitrogen and oxygen atoms in total. The van der Waals surface area contributed by atoms with Gasteiger partial charge in [-0.05, 0) is 26.2 Å². The molecular weight excluding hydrogens is 272 g/mol. The highest BCUT2D eigenvalue weighted by molar-refractivity contribution is 5.91. The Kier molecular flexibility index (Phi) is 3.72. The van der Waals surface area contributed by atoms with Gasteiger partial charge in [0, 0.05) is 19.0 Å². The van der Waals surface area contributed by atoms with Gasteiger partial charge >= 0.3 is 0 Å². The zero-order chi connectivity index (χ0) is 14.8. The molecule has 0 N–H and O–H groups in total. The van der Waals surface area contributed by atoms with Crippen LogP contribution in [-0.4, -0.2) is 32.6 Å². The van der Waals surface area contributed by atoms with Crippen LogP contribution in [0, 0.1) is 6.92 Å². The second-order valence-electron chi connectivity index (χ2n) is 5.25. The van der Waals surface area contributed by atoms with Crippen molar-refractivity contribution in [1.82, 2.24) is 20.2 Å². The monoisotopic (exact) mass is 290 g/mol. The van der Waals surface area contributed by atoms with Crippen LogP contribution in [0.4, 0.5) is 0 Å². The Morgan fingerprint density at radius 1 is 1.38 bits per heavy atom. The molecule has 1 amide bonds. The molecule has 1 saturated heterocycles. The fourth-order valence-corrected chi connectivity index (χ4v) is 2.58. The number of amides is 1. The molecular formula is C14H18N4O3. The number of aromatic nitrogens is 3. The first kappa shape index (κ1) is 13.8. The van der Waals surface area contributed by atoms with Crippen LogP contribution in [0.3, 0.4) is 0 Å². The smallest absolute Gasteiger partial charge is 0.293 e. The number of likely N-dealkylation sites (tertiary alicyclic amines) is 1. The fraction of sp³-hybridized carbons (Fsp3) is 0.571. The number of carbonyl (C=O) groups is 1. The molecule has 112 valence electrons. The summed E-state index contributed by atoms with van der Waals surface area (Å²) in [6.45, 7) is 4.42. The number of carbonyl (C=O) groups excluding carboxylic acids is 1. The lowest BCUT2D eigenvalue weighted by Gasteiger charge is -2.32. The van der Waals surface area contributed by atoms with E-state index in [2.05, 4.69) is 15.3 Å². The number of rotatable bonds is 3. The van der Waals surface area contributed by atoms with Crippen LogP contribution in [0.5, 0.6) is 0 Å². The zero-order valence-corrected chi connectivity index (χ0v) is 12.2. The second-order valence-corrected chi connectivity index (χ2v) is 5.25. The molecule has 0 radical (unpaired) electrons. The van der Waals surface area contributed by atoms with Crippen LogP contribution in [0.2, 0.25) is 0 Å². The summed E-state index contributed by atoms with van der Waals surface area (Å²) in [6, 6.07) is 1.48. The molecule has 0 bridgehead atoms. The van der Waals surface area contributed by atoms with E-state index in [0.29, 0.717) is 30.4 Å². The van der Waals surface area contributed by atoms with E-state index in [4.69, 9.17) is 9.05 Å². The Hall–Kier alpha value is -2.18. The third-order valence-electron chi connectivity index (χ3n) is 3.69. The molecule has 0 aliphatic carbocycles. The van der Waals surface area contributed by atoms with E-state index in [9.17, 15) is 4.79 Å². The van der Waals surface area contributed by atoms with E-state index in [1.807, 2.05) is 6.92 Å². The van der Waals surface area contributed by atoms with Crippen molar-refractivity contribution in [2.75, 3.05) is 6.54 Å². The molecule has 1 aliphatic heterocycles. The van der Waals surface area contributed by atoms with Gasteiger partial charge in [0.25, 0.3) is 5.91 Å². The van der Waals surface area contributed by atoms with Crippen LogP contribution in [0.1, 0.15) is 60.2 Å².